The third-order valence-corrected chi connectivity index (χ3v) is 3.35. The van der Waals surface area contributed by atoms with E-state index in [1.165, 1.54) is 4.90 Å². The van der Waals surface area contributed by atoms with Crippen LogP contribution in [0.2, 0.25) is 0 Å². The first kappa shape index (κ1) is 12.2. The number of nitrogens with one attached hydrogen (secondary N) is 1. The summed E-state index contributed by atoms with van der Waals surface area (Å²) in [5, 5.41) is 11.9. The molecule has 2 heterocycles. The first-order chi connectivity index (χ1) is 8.18. The molecule has 2 saturated heterocycles. The van der Waals surface area contributed by atoms with E-state index >= 15 is 0 Å². The molecule has 0 aromatic rings. The van der Waals surface area contributed by atoms with Crippen molar-refractivity contribution in [3.05, 3.63) is 0 Å². The number of carboxylic acids is 1. The van der Waals surface area contributed by atoms with Crippen molar-refractivity contribution in [2.45, 2.75) is 37.8 Å². The summed E-state index contributed by atoms with van der Waals surface area (Å²) in [6.45, 7) is 1.85. The van der Waals surface area contributed by atoms with E-state index in [0.29, 0.717) is 26.2 Å². The standard InChI is InChI=1S/C11H18N2O4/c14-10(15)9-2-1-5-13(9)11(16)12-8-3-6-17-7-4-8/h8-9H,1-7H2,(H,12,16)(H,14,15)/t9-/m0/s1. The lowest BCUT2D eigenvalue weighted by Crippen LogP contribution is -2.50. The van der Waals surface area contributed by atoms with Gasteiger partial charge in [0.15, 0.2) is 0 Å². The van der Waals surface area contributed by atoms with Crippen LogP contribution in [0.15, 0.2) is 0 Å². The molecule has 6 nitrogen and oxygen atoms in total. The van der Waals surface area contributed by atoms with E-state index in [1.807, 2.05) is 0 Å². The third kappa shape index (κ3) is 2.88. The van der Waals surface area contributed by atoms with Crippen LogP contribution in [0.3, 0.4) is 0 Å². The van der Waals surface area contributed by atoms with E-state index in [4.69, 9.17) is 9.84 Å². The Morgan fingerprint density at radius 3 is 2.59 bits per heavy atom. The average Bonchev–Trinajstić information content (AvgIpc) is 2.79. The summed E-state index contributed by atoms with van der Waals surface area (Å²) in [6.07, 6.45) is 2.92. The van der Waals surface area contributed by atoms with Gasteiger partial charge in [0.2, 0.25) is 0 Å². The summed E-state index contributed by atoms with van der Waals surface area (Å²) in [4.78, 5) is 24.3. The minimum Gasteiger partial charge on any atom is -0.480 e. The third-order valence-electron chi connectivity index (χ3n) is 3.35. The summed E-state index contributed by atoms with van der Waals surface area (Å²) >= 11 is 0. The molecule has 2 fully saturated rings. The molecule has 2 amide bonds. The summed E-state index contributed by atoms with van der Waals surface area (Å²) in [6, 6.07) is -0.789. The molecule has 0 spiro atoms. The Morgan fingerprint density at radius 1 is 1.24 bits per heavy atom. The van der Waals surface area contributed by atoms with Crippen molar-refractivity contribution in [1.82, 2.24) is 10.2 Å². The number of nitrogens with zero attached hydrogens (tertiary/aromatic N) is 1. The molecular formula is C11H18N2O4. The molecule has 1 atom stereocenters. The van der Waals surface area contributed by atoms with Crippen molar-refractivity contribution in [3.8, 4) is 0 Å². The summed E-state index contributed by atoms with van der Waals surface area (Å²) in [5.74, 6) is -0.912. The van der Waals surface area contributed by atoms with Gasteiger partial charge in [-0.25, -0.2) is 9.59 Å². The molecular weight excluding hydrogens is 224 g/mol. The van der Waals surface area contributed by atoms with Crippen LogP contribution in [0.25, 0.3) is 0 Å². The molecule has 0 unspecified atom stereocenters. The Hall–Kier alpha value is -1.30. The molecule has 0 aromatic heterocycles. The van der Waals surface area contributed by atoms with Crippen LogP contribution < -0.4 is 5.32 Å². The monoisotopic (exact) mass is 242 g/mol. The van der Waals surface area contributed by atoms with E-state index in [2.05, 4.69) is 5.32 Å². The van der Waals surface area contributed by atoms with E-state index in [0.717, 1.165) is 19.3 Å². The number of aliphatic carboxylic acids is 1. The van der Waals surface area contributed by atoms with Crippen molar-refractivity contribution < 1.29 is 19.4 Å². The summed E-state index contributed by atoms with van der Waals surface area (Å²) in [5.41, 5.74) is 0. The zero-order chi connectivity index (χ0) is 12.3. The Labute approximate surface area is 99.9 Å². The van der Waals surface area contributed by atoms with Crippen LogP contribution in [0.4, 0.5) is 4.79 Å². The highest BCUT2D eigenvalue weighted by atomic mass is 16.5. The fourth-order valence-corrected chi connectivity index (χ4v) is 2.37. The molecule has 2 aliphatic rings. The predicted molar refractivity (Wildman–Crippen MR) is 59.7 cm³/mol. The van der Waals surface area contributed by atoms with Gasteiger partial charge < -0.3 is 20.1 Å². The minimum atomic E-state index is -0.912. The molecule has 2 rings (SSSR count). The number of carbonyl (C=O) groups is 2. The van der Waals surface area contributed by atoms with Crippen LogP contribution in [-0.2, 0) is 9.53 Å². The normalized spacial score (nSPS) is 25.9. The Balaban J connectivity index is 1.88. The van der Waals surface area contributed by atoms with Crippen molar-refractivity contribution in [2.24, 2.45) is 0 Å². The summed E-state index contributed by atoms with van der Waals surface area (Å²) < 4.78 is 5.21. The predicted octanol–water partition coefficient (Wildman–Crippen LogP) is 0.424. The van der Waals surface area contributed by atoms with Crippen LogP contribution in [0, 0.1) is 0 Å². The quantitative estimate of drug-likeness (QED) is 0.735. The Bertz CT molecular complexity index is 302. The van der Waals surface area contributed by atoms with Crippen LogP contribution in [0.1, 0.15) is 25.7 Å². The first-order valence-electron chi connectivity index (χ1n) is 6.06. The van der Waals surface area contributed by atoms with Gasteiger partial charge in [-0.2, -0.15) is 0 Å². The van der Waals surface area contributed by atoms with Gasteiger partial charge >= 0.3 is 12.0 Å². The fourth-order valence-electron chi connectivity index (χ4n) is 2.37. The smallest absolute Gasteiger partial charge is 0.326 e. The minimum absolute atomic E-state index is 0.117. The number of amides is 2. The summed E-state index contributed by atoms with van der Waals surface area (Å²) in [7, 11) is 0. The van der Waals surface area contributed by atoms with Gasteiger partial charge in [-0.3, -0.25) is 0 Å². The zero-order valence-corrected chi connectivity index (χ0v) is 9.72. The maximum absolute atomic E-state index is 11.9. The molecule has 0 radical (unpaired) electrons. The van der Waals surface area contributed by atoms with Crippen molar-refractivity contribution >= 4 is 12.0 Å². The molecule has 2 aliphatic heterocycles. The average molecular weight is 242 g/mol. The second kappa shape index (κ2) is 5.35. The molecule has 0 aromatic carbocycles. The lowest BCUT2D eigenvalue weighted by Gasteiger charge is -2.28. The number of carbonyl (C=O) groups excluding carboxylic acids is 1. The van der Waals surface area contributed by atoms with Gasteiger partial charge in [0, 0.05) is 25.8 Å². The van der Waals surface area contributed by atoms with Crippen LogP contribution in [0.5, 0.6) is 0 Å². The molecule has 6 heteroatoms. The van der Waals surface area contributed by atoms with Gasteiger partial charge in [0.1, 0.15) is 6.04 Å². The van der Waals surface area contributed by atoms with Gasteiger partial charge in [-0.15, -0.1) is 0 Å². The maximum atomic E-state index is 11.9. The molecule has 17 heavy (non-hydrogen) atoms. The highest BCUT2D eigenvalue weighted by molar-refractivity contribution is 5.83. The molecule has 0 bridgehead atoms. The topological polar surface area (TPSA) is 78.9 Å². The van der Waals surface area contributed by atoms with E-state index in [-0.39, 0.29) is 12.1 Å². The number of hydrogen-bond donors (Lipinski definition) is 2. The highest BCUT2D eigenvalue weighted by Gasteiger charge is 2.34. The molecule has 0 aliphatic carbocycles. The van der Waals surface area contributed by atoms with Gasteiger partial charge in [-0.05, 0) is 25.7 Å². The van der Waals surface area contributed by atoms with Crippen molar-refractivity contribution in [2.75, 3.05) is 19.8 Å². The van der Waals surface area contributed by atoms with Crippen LogP contribution in [-0.4, -0.2) is 53.8 Å². The highest BCUT2D eigenvalue weighted by Crippen LogP contribution is 2.18. The molecule has 96 valence electrons. The van der Waals surface area contributed by atoms with Crippen LogP contribution >= 0.6 is 0 Å². The van der Waals surface area contributed by atoms with Gasteiger partial charge in [-0.1, -0.05) is 0 Å². The van der Waals surface area contributed by atoms with Crippen molar-refractivity contribution in [3.63, 3.8) is 0 Å². The second-order valence-corrected chi connectivity index (χ2v) is 4.53. The lowest BCUT2D eigenvalue weighted by atomic mass is 10.1. The SMILES string of the molecule is O=C(O)[C@@H]1CCCN1C(=O)NC1CCOCC1. The Morgan fingerprint density at radius 2 is 1.94 bits per heavy atom. The van der Waals surface area contributed by atoms with E-state index in [1.54, 1.807) is 0 Å². The largest absolute Gasteiger partial charge is 0.480 e. The second-order valence-electron chi connectivity index (χ2n) is 4.53. The number of likely N-dealkylation sites (tertiary alicyclic amines) is 1. The molecule has 2 N–H and O–H groups in total. The number of carboxylic acid groups (broad SMARTS) is 1. The van der Waals surface area contributed by atoms with Gasteiger partial charge in [0.05, 0.1) is 0 Å². The lowest BCUT2D eigenvalue weighted by molar-refractivity contribution is -0.141. The number of hydrogen-bond acceptors (Lipinski definition) is 3. The number of rotatable bonds is 2. The first-order valence-corrected chi connectivity index (χ1v) is 6.06. The van der Waals surface area contributed by atoms with E-state index in [9.17, 15) is 9.59 Å². The zero-order valence-electron chi connectivity index (χ0n) is 9.72. The van der Waals surface area contributed by atoms with E-state index < -0.39 is 12.0 Å². The fraction of sp³-hybridized carbons (Fsp3) is 0.818. The van der Waals surface area contributed by atoms with Crippen molar-refractivity contribution in [1.29, 1.82) is 0 Å². The maximum Gasteiger partial charge on any atom is 0.326 e. The number of urea groups is 1. The van der Waals surface area contributed by atoms with Gasteiger partial charge in [0.25, 0.3) is 0 Å². The Kier molecular flexibility index (Phi) is 3.83. The number of ether oxygens (including phenoxy) is 1. The molecule has 0 saturated carbocycles.